The average molecular weight is 318 g/mol. The van der Waals surface area contributed by atoms with Crippen LogP contribution in [0.15, 0.2) is 60.7 Å². The summed E-state index contributed by atoms with van der Waals surface area (Å²) in [7, 11) is 0. The minimum Gasteiger partial charge on any atom is -0.369 e. The number of benzene rings is 2. The Morgan fingerprint density at radius 3 is 2.17 bits per heavy atom. The molecule has 24 heavy (non-hydrogen) atoms. The third-order valence-electron chi connectivity index (χ3n) is 4.43. The third kappa shape index (κ3) is 2.34. The molecule has 2 heterocycles. The van der Waals surface area contributed by atoms with Crippen LogP contribution in [0.5, 0.6) is 0 Å². The zero-order valence-corrected chi connectivity index (χ0v) is 13.1. The van der Waals surface area contributed by atoms with Crippen molar-refractivity contribution in [1.29, 1.82) is 0 Å². The number of amides is 1. The van der Waals surface area contributed by atoms with Crippen LogP contribution in [-0.4, -0.2) is 22.4 Å². The van der Waals surface area contributed by atoms with E-state index in [4.69, 9.17) is 5.73 Å². The normalized spacial score (nSPS) is 12.9. The first-order valence-electron chi connectivity index (χ1n) is 8.01. The maximum Gasteiger partial charge on any atom is 0.341 e. The van der Waals surface area contributed by atoms with Crippen LogP contribution in [0, 0.1) is 0 Å². The monoisotopic (exact) mass is 318 g/mol. The molecular formula is C19H18N4O. The van der Waals surface area contributed by atoms with E-state index in [2.05, 4.69) is 34.7 Å². The fraction of sp³-hybridized carbons (Fsp3) is 0.158. The van der Waals surface area contributed by atoms with E-state index in [-0.39, 0.29) is 5.92 Å². The molecule has 0 bridgehead atoms. The van der Waals surface area contributed by atoms with Gasteiger partial charge in [-0.2, -0.15) is 9.78 Å². The summed E-state index contributed by atoms with van der Waals surface area (Å²) in [6.45, 7) is 0.795. The summed E-state index contributed by atoms with van der Waals surface area (Å²) in [5.74, 6) is 0.705. The molecule has 0 unspecified atom stereocenters. The molecule has 0 radical (unpaired) electrons. The molecule has 0 fully saturated rings. The van der Waals surface area contributed by atoms with Crippen molar-refractivity contribution in [2.24, 2.45) is 5.73 Å². The fourth-order valence-corrected chi connectivity index (χ4v) is 3.39. The van der Waals surface area contributed by atoms with Crippen molar-refractivity contribution < 1.29 is 4.79 Å². The zero-order valence-electron chi connectivity index (χ0n) is 13.1. The van der Waals surface area contributed by atoms with Gasteiger partial charge in [-0.3, -0.25) is 0 Å². The number of fused-ring (bicyclic) bond motifs is 1. The third-order valence-corrected chi connectivity index (χ3v) is 4.43. The van der Waals surface area contributed by atoms with Crippen molar-refractivity contribution >= 4 is 11.8 Å². The van der Waals surface area contributed by atoms with E-state index in [0.717, 1.165) is 41.2 Å². The number of hydrogen-bond acceptors (Lipinski definition) is 3. The van der Waals surface area contributed by atoms with Gasteiger partial charge < -0.3 is 11.1 Å². The standard InChI is InChI=1S/C19H18N4O/c20-19(24)23-18-15(11-12-21-18)17(22-23)16(13-7-3-1-4-8-13)14-9-5-2-6-10-14/h1-10,16,21H,11-12H2,(H2,20,24). The molecule has 0 saturated heterocycles. The SMILES string of the molecule is NC(=O)n1nc(C(c2ccccc2)c2ccccc2)c2c1NCC2. The summed E-state index contributed by atoms with van der Waals surface area (Å²) < 4.78 is 1.29. The van der Waals surface area contributed by atoms with E-state index in [0.29, 0.717) is 0 Å². The van der Waals surface area contributed by atoms with Gasteiger partial charge in [0.25, 0.3) is 0 Å². The van der Waals surface area contributed by atoms with Crippen LogP contribution in [0.2, 0.25) is 0 Å². The van der Waals surface area contributed by atoms with Gasteiger partial charge in [-0.15, -0.1) is 0 Å². The summed E-state index contributed by atoms with van der Waals surface area (Å²) in [6.07, 6.45) is 0.841. The Labute approximate surface area is 140 Å². The molecule has 1 aliphatic rings. The number of carbonyl (C=O) groups is 1. The van der Waals surface area contributed by atoms with Crippen LogP contribution in [0.25, 0.3) is 0 Å². The van der Waals surface area contributed by atoms with Gasteiger partial charge in [-0.1, -0.05) is 60.7 Å². The Kier molecular flexibility index (Phi) is 3.54. The van der Waals surface area contributed by atoms with Gasteiger partial charge >= 0.3 is 6.03 Å². The van der Waals surface area contributed by atoms with Gasteiger partial charge in [0, 0.05) is 12.1 Å². The van der Waals surface area contributed by atoms with Crippen LogP contribution in [-0.2, 0) is 6.42 Å². The minimum absolute atomic E-state index is 0.0263. The van der Waals surface area contributed by atoms with Gasteiger partial charge in [0.2, 0.25) is 0 Å². The van der Waals surface area contributed by atoms with Crippen molar-refractivity contribution in [2.45, 2.75) is 12.3 Å². The molecule has 3 N–H and O–H groups in total. The van der Waals surface area contributed by atoms with E-state index < -0.39 is 6.03 Å². The van der Waals surface area contributed by atoms with E-state index >= 15 is 0 Å². The second-order valence-corrected chi connectivity index (χ2v) is 5.89. The molecule has 120 valence electrons. The largest absolute Gasteiger partial charge is 0.369 e. The molecule has 1 aromatic heterocycles. The highest BCUT2D eigenvalue weighted by Gasteiger charge is 2.30. The van der Waals surface area contributed by atoms with E-state index in [1.165, 1.54) is 4.68 Å². The van der Waals surface area contributed by atoms with Gasteiger partial charge in [0.1, 0.15) is 5.82 Å². The first kappa shape index (κ1) is 14.5. The molecule has 0 saturated carbocycles. The minimum atomic E-state index is -0.563. The molecular weight excluding hydrogens is 300 g/mol. The highest BCUT2D eigenvalue weighted by atomic mass is 16.2. The van der Waals surface area contributed by atoms with Gasteiger partial charge in [0.05, 0.1) is 11.6 Å². The van der Waals surface area contributed by atoms with Crippen molar-refractivity contribution in [1.82, 2.24) is 9.78 Å². The van der Waals surface area contributed by atoms with Crippen LogP contribution < -0.4 is 11.1 Å². The topological polar surface area (TPSA) is 72.9 Å². The van der Waals surface area contributed by atoms with Gasteiger partial charge in [-0.25, -0.2) is 4.79 Å². The Balaban J connectivity index is 1.93. The summed E-state index contributed by atoms with van der Waals surface area (Å²) in [5, 5.41) is 7.79. The molecule has 3 aromatic rings. The van der Waals surface area contributed by atoms with Crippen molar-refractivity contribution in [3.8, 4) is 0 Å². The van der Waals surface area contributed by atoms with E-state index in [9.17, 15) is 4.79 Å². The number of anilines is 1. The number of nitrogens with one attached hydrogen (secondary N) is 1. The number of primary amides is 1. The molecule has 0 spiro atoms. The van der Waals surface area contributed by atoms with E-state index in [1.807, 2.05) is 36.4 Å². The number of aromatic nitrogens is 2. The second-order valence-electron chi connectivity index (χ2n) is 5.89. The van der Waals surface area contributed by atoms with Crippen molar-refractivity contribution in [3.63, 3.8) is 0 Å². The lowest BCUT2D eigenvalue weighted by atomic mass is 9.86. The Morgan fingerprint density at radius 2 is 1.62 bits per heavy atom. The van der Waals surface area contributed by atoms with E-state index in [1.54, 1.807) is 0 Å². The lowest BCUT2D eigenvalue weighted by Gasteiger charge is -2.17. The van der Waals surface area contributed by atoms with Crippen molar-refractivity contribution in [3.05, 3.63) is 83.0 Å². The Bertz CT molecular complexity index is 832. The summed E-state index contributed by atoms with van der Waals surface area (Å²) >= 11 is 0. The summed E-state index contributed by atoms with van der Waals surface area (Å²) in [5.41, 5.74) is 9.76. The Hall–Kier alpha value is -3.08. The van der Waals surface area contributed by atoms with Crippen LogP contribution in [0.3, 0.4) is 0 Å². The average Bonchev–Trinajstić information content (AvgIpc) is 3.21. The first-order chi connectivity index (χ1) is 11.8. The highest BCUT2D eigenvalue weighted by molar-refractivity contribution is 5.80. The lowest BCUT2D eigenvalue weighted by molar-refractivity contribution is 0.248. The maximum atomic E-state index is 11.8. The van der Waals surface area contributed by atoms with Crippen LogP contribution >= 0.6 is 0 Å². The predicted molar refractivity (Wildman–Crippen MR) is 93.2 cm³/mol. The molecule has 5 nitrogen and oxygen atoms in total. The van der Waals surface area contributed by atoms with Crippen molar-refractivity contribution in [2.75, 3.05) is 11.9 Å². The fourth-order valence-electron chi connectivity index (χ4n) is 3.39. The molecule has 1 amide bonds. The number of rotatable bonds is 3. The quantitative estimate of drug-likeness (QED) is 0.780. The van der Waals surface area contributed by atoms with Gasteiger partial charge in [0.15, 0.2) is 0 Å². The summed E-state index contributed by atoms with van der Waals surface area (Å²) in [6, 6.07) is 19.9. The smallest absolute Gasteiger partial charge is 0.341 e. The molecule has 5 heteroatoms. The zero-order chi connectivity index (χ0) is 16.5. The van der Waals surface area contributed by atoms with Crippen LogP contribution in [0.1, 0.15) is 28.3 Å². The predicted octanol–water partition coefficient (Wildman–Crippen LogP) is 2.96. The number of hydrogen-bond donors (Lipinski definition) is 2. The first-order valence-corrected chi connectivity index (χ1v) is 8.01. The van der Waals surface area contributed by atoms with Crippen LogP contribution in [0.4, 0.5) is 10.6 Å². The maximum absolute atomic E-state index is 11.8. The number of nitrogens with two attached hydrogens (primary N) is 1. The lowest BCUT2D eigenvalue weighted by Crippen LogP contribution is -2.23. The van der Waals surface area contributed by atoms with Gasteiger partial charge in [-0.05, 0) is 17.5 Å². The Morgan fingerprint density at radius 1 is 1.04 bits per heavy atom. The highest BCUT2D eigenvalue weighted by Crippen LogP contribution is 2.37. The molecule has 2 aromatic carbocycles. The molecule has 4 rings (SSSR count). The number of nitrogens with zero attached hydrogens (tertiary/aromatic N) is 2. The molecule has 0 atom stereocenters. The molecule has 0 aliphatic carbocycles. The second kappa shape index (κ2) is 5.85. The summed E-state index contributed by atoms with van der Waals surface area (Å²) in [4.78, 5) is 11.8. The number of carbonyl (C=O) groups excluding carboxylic acids is 1. The molecule has 1 aliphatic heterocycles.